The molecule has 33 heavy (non-hydrogen) atoms. The van der Waals surface area contributed by atoms with E-state index in [4.69, 9.17) is 21.4 Å². The highest BCUT2D eigenvalue weighted by atomic mass is 16.3. The zero-order valence-corrected chi connectivity index (χ0v) is 19.2. The molecule has 0 amide bonds. The number of hydrogen-bond donors (Lipinski definition) is 4. The van der Waals surface area contributed by atoms with Gasteiger partial charge in [-0.15, -0.1) is 0 Å². The molecule has 9 nitrogen and oxygen atoms in total. The van der Waals surface area contributed by atoms with Crippen molar-refractivity contribution < 1.29 is 5.11 Å². The lowest BCUT2D eigenvalue weighted by Gasteiger charge is -2.18. The number of nitrogens with zero attached hydrogens (tertiary/aromatic N) is 5. The van der Waals surface area contributed by atoms with E-state index in [1.165, 1.54) is 12.8 Å². The molecular weight excluding hydrogens is 416 g/mol. The highest BCUT2D eigenvalue weighted by Gasteiger charge is 2.25. The van der Waals surface area contributed by atoms with Crippen LogP contribution in [0.3, 0.4) is 0 Å². The fraction of sp³-hybridized carbons (Fsp3) is 0.583. The van der Waals surface area contributed by atoms with Crippen molar-refractivity contribution in [1.82, 2.24) is 24.7 Å². The molecule has 0 saturated heterocycles. The number of nitrogens with two attached hydrogens (primary N) is 2. The van der Waals surface area contributed by atoms with Crippen LogP contribution >= 0.6 is 0 Å². The van der Waals surface area contributed by atoms with Crippen molar-refractivity contribution in [2.75, 3.05) is 11.1 Å². The van der Waals surface area contributed by atoms with Crippen LogP contribution in [0.5, 0.6) is 0 Å². The number of nitrogens with one attached hydrogen (secondary N) is 1. The molecule has 3 heterocycles. The number of nitrogen functional groups attached to an aromatic ring is 1. The van der Waals surface area contributed by atoms with Gasteiger partial charge in [0.25, 0.3) is 0 Å². The van der Waals surface area contributed by atoms with Crippen molar-refractivity contribution in [2.45, 2.75) is 88.9 Å². The highest BCUT2D eigenvalue weighted by molar-refractivity contribution is 5.96. The third-order valence-corrected chi connectivity index (χ3v) is 7.10. The van der Waals surface area contributed by atoms with E-state index in [1.54, 1.807) is 6.20 Å². The van der Waals surface area contributed by atoms with Crippen molar-refractivity contribution in [3.63, 3.8) is 0 Å². The number of aromatic nitrogens is 5. The van der Waals surface area contributed by atoms with Gasteiger partial charge < -0.3 is 21.9 Å². The average molecular weight is 451 g/mol. The van der Waals surface area contributed by atoms with Crippen molar-refractivity contribution in [2.24, 2.45) is 5.73 Å². The molecule has 3 aromatic rings. The SMILES string of the molecule is CCc1nc2c(N)ncc(-c3cnn(C4CCCC[C@@H](N)C4)c3)c2nc1N[C@@H]1CC[C@H](O)C1. The number of anilines is 2. The molecule has 4 atom stereocenters. The van der Waals surface area contributed by atoms with E-state index in [0.29, 0.717) is 17.4 Å². The maximum atomic E-state index is 9.93. The van der Waals surface area contributed by atoms with E-state index < -0.39 is 0 Å². The summed E-state index contributed by atoms with van der Waals surface area (Å²) in [5.41, 5.74) is 16.5. The standard InChI is InChI=1S/C24H34N8O/c1-2-20-24(29-16-7-8-18(33)10-16)31-21-19(12-27-23(26)22(21)30-20)14-11-28-32(13-14)17-6-4-3-5-15(25)9-17/h11-13,15-18,33H,2-10,25H2,1H3,(H2,26,27)(H,29,31)/t15-,16-,17?,18+/m1/s1. The molecular formula is C24H34N8O. The minimum absolute atomic E-state index is 0.196. The van der Waals surface area contributed by atoms with Crippen molar-refractivity contribution >= 4 is 22.7 Å². The van der Waals surface area contributed by atoms with Gasteiger partial charge in [0, 0.05) is 35.6 Å². The first-order valence-electron chi connectivity index (χ1n) is 12.2. The molecule has 3 aromatic heterocycles. The van der Waals surface area contributed by atoms with Gasteiger partial charge in [-0.05, 0) is 44.9 Å². The molecule has 5 rings (SSSR count). The maximum absolute atomic E-state index is 9.93. The van der Waals surface area contributed by atoms with E-state index in [-0.39, 0.29) is 18.2 Å². The van der Waals surface area contributed by atoms with Crippen LogP contribution < -0.4 is 16.8 Å². The van der Waals surface area contributed by atoms with E-state index in [9.17, 15) is 5.11 Å². The van der Waals surface area contributed by atoms with Gasteiger partial charge in [-0.1, -0.05) is 19.8 Å². The summed E-state index contributed by atoms with van der Waals surface area (Å²) >= 11 is 0. The first-order chi connectivity index (χ1) is 16.0. The summed E-state index contributed by atoms with van der Waals surface area (Å²) < 4.78 is 2.05. The Hall–Kier alpha value is -2.78. The molecule has 2 saturated carbocycles. The molecule has 176 valence electrons. The summed E-state index contributed by atoms with van der Waals surface area (Å²) in [5.74, 6) is 1.14. The summed E-state index contributed by atoms with van der Waals surface area (Å²) in [6.07, 6.45) is 14.1. The minimum Gasteiger partial charge on any atom is -0.393 e. The highest BCUT2D eigenvalue weighted by Crippen LogP contribution is 2.33. The van der Waals surface area contributed by atoms with Gasteiger partial charge in [-0.3, -0.25) is 4.68 Å². The lowest BCUT2D eigenvalue weighted by molar-refractivity contribution is 0.182. The van der Waals surface area contributed by atoms with Crippen LogP contribution in [-0.2, 0) is 6.42 Å². The van der Waals surface area contributed by atoms with Crippen LogP contribution in [0.1, 0.15) is 70.0 Å². The normalized spacial score (nSPS) is 25.9. The molecule has 2 fully saturated rings. The predicted molar refractivity (Wildman–Crippen MR) is 130 cm³/mol. The summed E-state index contributed by atoms with van der Waals surface area (Å²) in [6, 6.07) is 0.736. The Bertz CT molecular complexity index is 1130. The number of aryl methyl sites for hydroxylation is 1. The monoisotopic (exact) mass is 450 g/mol. The number of hydrogen-bond acceptors (Lipinski definition) is 8. The first-order valence-corrected chi connectivity index (χ1v) is 12.2. The molecule has 0 aromatic carbocycles. The van der Waals surface area contributed by atoms with Gasteiger partial charge in [-0.25, -0.2) is 15.0 Å². The van der Waals surface area contributed by atoms with Crippen LogP contribution in [0.4, 0.5) is 11.6 Å². The van der Waals surface area contributed by atoms with Crippen molar-refractivity contribution in [3.8, 4) is 11.1 Å². The topological polar surface area (TPSA) is 141 Å². The summed E-state index contributed by atoms with van der Waals surface area (Å²) in [5, 5.41) is 18.1. The van der Waals surface area contributed by atoms with Crippen LogP contribution in [0.2, 0.25) is 0 Å². The second-order valence-corrected chi connectivity index (χ2v) is 9.58. The maximum Gasteiger partial charge on any atom is 0.151 e. The molecule has 2 aliphatic rings. The summed E-state index contributed by atoms with van der Waals surface area (Å²) in [6.45, 7) is 2.06. The van der Waals surface area contributed by atoms with Gasteiger partial charge in [0.1, 0.15) is 16.9 Å². The Balaban J connectivity index is 1.52. The zero-order chi connectivity index (χ0) is 22.9. The van der Waals surface area contributed by atoms with Crippen LogP contribution in [-0.4, -0.2) is 48.0 Å². The lowest BCUT2D eigenvalue weighted by Crippen LogP contribution is -2.23. The van der Waals surface area contributed by atoms with Crippen LogP contribution in [0.25, 0.3) is 22.2 Å². The molecule has 0 radical (unpaired) electrons. The second kappa shape index (κ2) is 9.23. The Morgan fingerprint density at radius 1 is 1.09 bits per heavy atom. The average Bonchev–Trinajstić information content (AvgIpc) is 3.39. The van der Waals surface area contributed by atoms with Crippen molar-refractivity contribution in [1.29, 1.82) is 0 Å². The number of pyridine rings is 1. The Kier molecular flexibility index (Phi) is 6.16. The number of rotatable bonds is 5. The Labute approximate surface area is 194 Å². The fourth-order valence-corrected chi connectivity index (χ4v) is 5.24. The first kappa shape index (κ1) is 22.0. The van der Waals surface area contributed by atoms with Gasteiger partial charge in [0.05, 0.1) is 24.0 Å². The Morgan fingerprint density at radius 3 is 2.73 bits per heavy atom. The third-order valence-electron chi connectivity index (χ3n) is 7.10. The van der Waals surface area contributed by atoms with Gasteiger partial charge >= 0.3 is 0 Å². The Morgan fingerprint density at radius 2 is 1.94 bits per heavy atom. The lowest BCUT2D eigenvalue weighted by atomic mass is 10.1. The number of fused-ring (bicyclic) bond motifs is 1. The molecule has 0 aliphatic heterocycles. The molecule has 2 aliphatic carbocycles. The molecule has 6 N–H and O–H groups in total. The molecule has 0 spiro atoms. The van der Waals surface area contributed by atoms with E-state index in [2.05, 4.69) is 33.2 Å². The van der Waals surface area contributed by atoms with Crippen molar-refractivity contribution in [3.05, 3.63) is 24.3 Å². The molecule has 9 heteroatoms. The van der Waals surface area contributed by atoms with Crippen LogP contribution in [0, 0.1) is 0 Å². The molecule has 0 bridgehead atoms. The largest absolute Gasteiger partial charge is 0.393 e. The third kappa shape index (κ3) is 4.52. The second-order valence-electron chi connectivity index (χ2n) is 9.58. The van der Waals surface area contributed by atoms with Gasteiger partial charge in [0.2, 0.25) is 0 Å². The summed E-state index contributed by atoms with van der Waals surface area (Å²) in [7, 11) is 0. The van der Waals surface area contributed by atoms with E-state index in [0.717, 1.165) is 73.1 Å². The van der Waals surface area contributed by atoms with Gasteiger partial charge in [0.15, 0.2) is 5.82 Å². The summed E-state index contributed by atoms with van der Waals surface area (Å²) in [4.78, 5) is 14.2. The quantitative estimate of drug-likeness (QED) is 0.434. The predicted octanol–water partition coefficient (Wildman–Crippen LogP) is 3.19. The smallest absolute Gasteiger partial charge is 0.151 e. The van der Waals surface area contributed by atoms with Crippen LogP contribution in [0.15, 0.2) is 18.6 Å². The van der Waals surface area contributed by atoms with E-state index >= 15 is 0 Å². The molecule has 1 unspecified atom stereocenters. The number of aliphatic hydroxyl groups is 1. The fourth-order valence-electron chi connectivity index (χ4n) is 5.24. The number of aliphatic hydroxyl groups excluding tert-OH is 1. The van der Waals surface area contributed by atoms with Gasteiger partial charge in [-0.2, -0.15) is 5.10 Å². The zero-order valence-electron chi connectivity index (χ0n) is 19.2. The van der Waals surface area contributed by atoms with E-state index in [1.807, 2.05) is 6.20 Å². The minimum atomic E-state index is -0.251.